The number of likely N-dealkylation sites (N-methyl/N-ethyl adjacent to an activating group) is 1. The third-order valence-electron chi connectivity index (χ3n) is 2.66. The molecule has 0 saturated heterocycles. The Hall–Kier alpha value is -0.870. The Morgan fingerprint density at radius 3 is 2.80 bits per heavy atom. The number of rotatable bonds is 7. The molecule has 0 aromatic carbocycles. The van der Waals surface area contributed by atoms with Crippen LogP contribution in [0.1, 0.15) is 19.2 Å². The van der Waals surface area contributed by atoms with Crippen LogP contribution >= 0.6 is 0 Å². The van der Waals surface area contributed by atoms with Crippen molar-refractivity contribution in [3.8, 4) is 0 Å². The average Bonchev–Trinajstić information content (AvgIpc) is 2.63. The van der Waals surface area contributed by atoms with Crippen molar-refractivity contribution in [3.05, 3.63) is 18.2 Å². The summed E-state index contributed by atoms with van der Waals surface area (Å²) in [4.78, 5) is 6.44. The van der Waals surface area contributed by atoms with Gasteiger partial charge in [0.05, 0.1) is 6.61 Å². The molecule has 0 atom stereocenters. The van der Waals surface area contributed by atoms with Crippen molar-refractivity contribution in [1.29, 1.82) is 0 Å². The molecule has 1 aromatic rings. The summed E-state index contributed by atoms with van der Waals surface area (Å²) in [6, 6.07) is 0. The van der Waals surface area contributed by atoms with Gasteiger partial charge in [-0.2, -0.15) is 0 Å². The van der Waals surface area contributed by atoms with E-state index < -0.39 is 0 Å². The van der Waals surface area contributed by atoms with Crippen LogP contribution in [0.2, 0.25) is 0 Å². The lowest BCUT2D eigenvalue weighted by Crippen LogP contribution is -2.28. The maximum Gasteiger partial charge on any atom is 0.105 e. The molecule has 0 bridgehead atoms. The molecule has 0 aliphatic rings. The number of nitrogens with zero attached hydrogens (tertiary/aromatic N) is 3. The van der Waals surface area contributed by atoms with Gasteiger partial charge in [-0.3, -0.25) is 0 Å². The highest BCUT2D eigenvalue weighted by Crippen LogP contribution is 1.99. The van der Waals surface area contributed by atoms with E-state index in [1.54, 1.807) is 0 Å². The largest absolute Gasteiger partial charge is 0.395 e. The van der Waals surface area contributed by atoms with Crippen LogP contribution in [0, 0.1) is 6.92 Å². The van der Waals surface area contributed by atoms with Crippen LogP contribution in [0.5, 0.6) is 0 Å². The molecule has 1 heterocycles. The topological polar surface area (TPSA) is 41.3 Å². The Balaban J connectivity index is 2.23. The summed E-state index contributed by atoms with van der Waals surface area (Å²) in [6.07, 6.45) is 4.95. The zero-order valence-electron chi connectivity index (χ0n) is 9.69. The van der Waals surface area contributed by atoms with E-state index in [0.717, 1.165) is 38.4 Å². The lowest BCUT2D eigenvalue weighted by atomic mass is 10.3. The molecule has 0 spiro atoms. The molecular weight excluding hydrogens is 190 g/mol. The second-order valence-corrected chi connectivity index (χ2v) is 3.68. The summed E-state index contributed by atoms with van der Waals surface area (Å²) in [5, 5.41) is 8.84. The average molecular weight is 211 g/mol. The number of aromatic nitrogens is 2. The first kappa shape index (κ1) is 12.2. The second kappa shape index (κ2) is 6.58. The molecular formula is C11H21N3O. The monoisotopic (exact) mass is 211 g/mol. The van der Waals surface area contributed by atoms with Gasteiger partial charge in [-0.1, -0.05) is 6.92 Å². The van der Waals surface area contributed by atoms with Crippen molar-refractivity contribution in [2.24, 2.45) is 0 Å². The number of hydrogen-bond donors (Lipinski definition) is 1. The standard InChI is InChI=1S/C11H21N3O/c1-3-13(9-10-15)6-4-7-14-8-5-12-11(14)2/h5,8,15H,3-4,6-7,9-10H2,1-2H3. The SMILES string of the molecule is CCN(CCO)CCCn1ccnc1C. The minimum absolute atomic E-state index is 0.248. The van der Waals surface area contributed by atoms with Crippen molar-refractivity contribution in [3.63, 3.8) is 0 Å². The van der Waals surface area contributed by atoms with Crippen LogP contribution in [-0.2, 0) is 6.54 Å². The maximum absolute atomic E-state index is 8.84. The molecule has 1 N–H and O–H groups in total. The molecule has 0 amide bonds. The fraction of sp³-hybridized carbons (Fsp3) is 0.727. The van der Waals surface area contributed by atoms with Crippen LogP contribution in [0.25, 0.3) is 0 Å². The molecule has 0 aliphatic carbocycles. The van der Waals surface area contributed by atoms with E-state index in [2.05, 4.69) is 21.4 Å². The highest BCUT2D eigenvalue weighted by molar-refractivity contribution is 4.88. The van der Waals surface area contributed by atoms with Gasteiger partial charge >= 0.3 is 0 Å². The first-order valence-electron chi connectivity index (χ1n) is 5.59. The fourth-order valence-electron chi connectivity index (χ4n) is 1.67. The second-order valence-electron chi connectivity index (χ2n) is 3.68. The van der Waals surface area contributed by atoms with Crippen molar-refractivity contribution in [2.45, 2.75) is 26.8 Å². The molecule has 0 fully saturated rings. The first-order valence-corrected chi connectivity index (χ1v) is 5.59. The van der Waals surface area contributed by atoms with Gasteiger partial charge < -0.3 is 14.6 Å². The van der Waals surface area contributed by atoms with E-state index in [1.165, 1.54) is 0 Å². The van der Waals surface area contributed by atoms with Crippen molar-refractivity contribution in [1.82, 2.24) is 14.5 Å². The lowest BCUT2D eigenvalue weighted by molar-refractivity contribution is 0.198. The molecule has 15 heavy (non-hydrogen) atoms. The van der Waals surface area contributed by atoms with Crippen molar-refractivity contribution < 1.29 is 5.11 Å². The van der Waals surface area contributed by atoms with E-state index in [1.807, 2.05) is 19.3 Å². The minimum Gasteiger partial charge on any atom is -0.395 e. The Morgan fingerprint density at radius 1 is 1.47 bits per heavy atom. The van der Waals surface area contributed by atoms with Crippen LogP contribution in [0.15, 0.2) is 12.4 Å². The number of hydrogen-bond acceptors (Lipinski definition) is 3. The number of aliphatic hydroxyl groups excluding tert-OH is 1. The van der Waals surface area contributed by atoms with Crippen LogP contribution in [0.3, 0.4) is 0 Å². The van der Waals surface area contributed by atoms with Crippen LogP contribution in [0.4, 0.5) is 0 Å². The summed E-state index contributed by atoms with van der Waals surface area (Å²) < 4.78 is 2.16. The summed E-state index contributed by atoms with van der Waals surface area (Å²) in [6.45, 7) is 8.21. The summed E-state index contributed by atoms with van der Waals surface area (Å²) >= 11 is 0. The van der Waals surface area contributed by atoms with E-state index in [0.29, 0.717) is 0 Å². The van der Waals surface area contributed by atoms with Crippen LogP contribution in [-0.4, -0.2) is 45.8 Å². The molecule has 4 heteroatoms. The predicted octanol–water partition coefficient (Wildman–Crippen LogP) is 0.896. The van der Waals surface area contributed by atoms with Gasteiger partial charge in [-0.25, -0.2) is 4.98 Å². The van der Waals surface area contributed by atoms with Gasteiger partial charge in [0.1, 0.15) is 5.82 Å². The summed E-state index contributed by atoms with van der Waals surface area (Å²) in [7, 11) is 0. The van der Waals surface area contributed by atoms with Gasteiger partial charge in [0, 0.05) is 25.5 Å². The minimum atomic E-state index is 0.248. The molecule has 86 valence electrons. The molecule has 0 unspecified atom stereocenters. The Kier molecular flexibility index (Phi) is 5.36. The van der Waals surface area contributed by atoms with Gasteiger partial charge in [0.15, 0.2) is 0 Å². The Labute approximate surface area is 91.5 Å². The summed E-state index contributed by atoms with van der Waals surface area (Å²) in [5.41, 5.74) is 0. The first-order chi connectivity index (χ1) is 7.27. The number of aryl methyl sites for hydroxylation is 2. The van der Waals surface area contributed by atoms with Crippen LogP contribution < -0.4 is 0 Å². The Morgan fingerprint density at radius 2 is 2.27 bits per heavy atom. The van der Waals surface area contributed by atoms with E-state index in [4.69, 9.17) is 5.11 Å². The summed E-state index contributed by atoms with van der Waals surface area (Å²) in [5.74, 6) is 1.07. The third kappa shape index (κ3) is 4.01. The zero-order valence-corrected chi connectivity index (χ0v) is 9.69. The van der Waals surface area contributed by atoms with E-state index in [9.17, 15) is 0 Å². The lowest BCUT2D eigenvalue weighted by Gasteiger charge is -2.19. The molecule has 1 rings (SSSR count). The van der Waals surface area contributed by atoms with E-state index >= 15 is 0 Å². The normalized spacial score (nSPS) is 11.2. The van der Waals surface area contributed by atoms with Crippen molar-refractivity contribution in [2.75, 3.05) is 26.2 Å². The van der Waals surface area contributed by atoms with Crippen molar-refractivity contribution >= 4 is 0 Å². The Bertz CT molecular complexity index is 273. The molecule has 0 radical (unpaired) electrons. The molecule has 0 saturated carbocycles. The number of aliphatic hydroxyl groups is 1. The highest BCUT2D eigenvalue weighted by atomic mass is 16.3. The smallest absolute Gasteiger partial charge is 0.105 e. The predicted molar refractivity (Wildman–Crippen MR) is 60.8 cm³/mol. The number of imidazole rings is 1. The molecule has 4 nitrogen and oxygen atoms in total. The zero-order chi connectivity index (χ0) is 11.1. The van der Waals surface area contributed by atoms with Gasteiger partial charge in [-0.05, 0) is 26.4 Å². The highest BCUT2D eigenvalue weighted by Gasteiger charge is 2.01. The maximum atomic E-state index is 8.84. The van der Waals surface area contributed by atoms with Gasteiger partial charge in [0.25, 0.3) is 0 Å². The third-order valence-corrected chi connectivity index (χ3v) is 2.66. The quantitative estimate of drug-likeness (QED) is 0.728. The van der Waals surface area contributed by atoms with E-state index in [-0.39, 0.29) is 6.61 Å². The van der Waals surface area contributed by atoms with Gasteiger partial charge in [0.2, 0.25) is 0 Å². The molecule has 0 aliphatic heterocycles. The van der Waals surface area contributed by atoms with Gasteiger partial charge in [-0.15, -0.1) is 0 Å². The fourth-order valence-corrected chi connectivity index (χ4v) is 1.67. The molecule has 1 aromatic heterocycles.